The smallest absolute Gasteiger partial charge is 0.259 e. The number of carbonyl (C=O) groups is 1. The summed E-state index contributed by atoms with van der Waals surface area (Å²) < 4.78 is 50.4. The summed E-state index contributed by atoms with van der Waals surface area (Å²) in [4.78, 5) is 25.9. The molecule has 0 fully saturated rings. The predicted octanol–water partition coefficient (Wildman–Crippen LogP) is 4.36. The zero-order valence-corrected chi connectivity index (χ0v) is 18.3. The van der Waals surface area contributed by atoms with Gasteiger partial charge in [0, 0.05) is 29.6 Å². The Kier molecular flexibility index (Phi) is 5.24. The lowest BCUT2D eigenvalue weighted by molar-refractivity contribution is 0.102. The molecule has 0 aliphatic heterocycles. The van der Waals surface area contributed by atoms with Crippen molar-refractivity contribution in [3.05, 3.63) is 93.9 Å². The van der Waals surface area contributed by atoms with E-state index in [1.807, 2.05) is 0 Å². The summed E-state index contributed by atoms with van der Waals surface area (Å²) in [5.41, 5.74) is -0.500. The lowest BCUT2D eigenvalue weighted by Crippen LogP contribution is -2.22. The number of nitrogens with one attached hydrogen (secondary N) is 1. The number of hydrogen-bond acceptors (Lipinski definition) is 5. The Morgan fingerprint density at radius 1 is 1.03 bits per heavy atom. The minimum absolute atomic E-state index is 0.0441. The number of rotatable bonds is 4. The van der Waals surface area contributed by atoms with Crippen LogP contribution in [0.3, 0.4) is 0 Å². The van der Waals surface area contributed by atoms with Crippen LogP contribution in [0.15, 0.2) is 64.2 Å². The van der Waals surface area contributed by atoms with Gasteiger partial charge in [0.15, 0.2) is 17.5 Å². The molecular weight excluding hydrogens is 463 g/mol. The highest BCUT2D eigenvalue weighted by Gasteiger charge is 2.21. The zero-order chi connectivity index (χ0) is 24.9. The van der Waals surface area contributed by atoms with Gasteiger partial charge in [0.1, 0.15) is 23.4 Å². The quantitative estimate of drug-likeness (QED) is 0.413. The third-order valence-corrected chi connectivity index (χ3v) is 5.65. The maximum Gasteiger partial charge on any atom is 0.259 e. The van der Waals surface area contributed by atoms with Gasteiger partial charge in [0.05, 0.1) is 6.20 Å². The molecule has 0 bridgehead atoms. The van der Waals surface area contributed by atoms with Crippen LogP contribution in [0.5, 0.6) is 0 Å². The molecule has 11 heteroatoms. The van der Waals surface area contributed by atoms with Crippen molar-refractivity contribution in [3.8, 4) is 16.8 Å². The summed E-state index contributed by atoms with van der Waals surface area (Å²) in [5, 5.41) is 10.5. The Hall–Kier alpha value is -4.67. The molecule has 0 aliphatic carbocycles. The van der Waals surface area contributed by atoms with Crippen LogP contribution in [-0.2, 0) is 7.05 Å². The average Bonchev–Trinajstić information content (AvgIpc) is 3.48. The molecule has 2 aromatic carbocycles. The van der Waals surface area contributed by atoms with E-state index in [1.165, 1.54) is 55.3 Å². The van der Waals surface area contributed by atoms with Gasteiger partial charge in [0.25, 0.3) is 11.5 Å². The number of hydrogen-bond donors (Lipinski definition) is 1. The summed E-state index contributed by atoms with van der Waals surface area (Å²) in [6.07, 6.45) is 2.61. The number of pyridine rings is 1. The van der Waals surface area contributed by atoms with Crippen molar-refractivity contribution in [2.24, 2.45) is 7.05 Å². The fourth-order valence-corrected chi connectivity index (χ4v) is 3.89. The number of amides is 1. The largest absolute Gasteiger partial charge is 0.363 e. The Morgan fingerprint density at radius 3 is 2.46 bits per heavy atom. The Labute approximate surface area is 195 Å². The highest BCUT2D eigenvalue weighted by atomic mass is 19.1. The van der Waals surface area contributed by atoms with Crippen LogP contribution >= 0.6 is 0 Å². The molecule has 3 heterocycles. The molecule has 3 aromatic heterocycles. The Balaban J connectivity index is 1.67. The van der Waals surface area contributed by atoms with Gasteiger partial charge in [-0.2, -0.15) is 5.10 Å². The zero-order valence-electron chi connectivity index (χ0n) is 18.3. The van der Waals surface area contributed by atoms with Crippen LogP contribution < -0.4 is 10.9 Å². The van der Waals surface area contributed by atoms with Crippen LogP contribution in [0.4, 0.5) is 19.0 Å². The summed E-state index contributed by atoms with van der Waals surface area (Å²) in [7, 11) is 1.41. The van der Waals surface area contributed by atoms with Gasteiger partial charge >= 0.3 is 0 Å². The molecule has 0 atom stereocenters. The van der Waals surface area contributed by atoms with Gasteiger partial charge in [-0.05, 0) is 48.4 Å². The van der Waals surface area contributed by atoms with Crippen molar-refractivity contribution in [1.82, 2.24) is 19.5 Å². The van der Waals surface area contributed by atoms with Crippen molar-refractivity contribution in [2.45, 2.75) is 6.92 Å². The molecule has 0 spiro atoms. The first-order chi connectivity index (χ1) is 16.8. The van der Waals surface area contributed by atoms with E-state index in [0.29, 0.717) is 5.39 Å². The summed E-state index contributed by atoms with van der Waals surface area (Å²) in [6.45, 7) is 1.48. The van der Waals surface area contributed by atoms with Crippen molar-refractivity contribution < 1.29 is 22.5 Å². The molecule has 35 heavy (non-hydrogen) atoms. The van der Waals surface area contributed by atoms with Crippen LogP contribution in [-0.4, -0.2) is 25.4 Å². The first-order valence-corrected chi connectivity index (χ1v) is 10.3. The molecule has 0 unspecified atom stereocenters. The molecule has 8 nitrogen and oxygen atoms in total. The lowest BCUT2D eigenvalue weighted by atomic mass is 9.97. The number of aromatic nitrogens is 4. The SMILES string of the molecule is Cc1c(F)cc(C(=O)Nc2ccon2)cc1-c1cc2cnn(-c3c(F)cccc3F)c2n(C)c1=O. The number of anilines is 1. The van der Waals surface area contributed by atoms with E-state index < -0.39 is 34.6 Å². The average molecular weight is 479 g/mol. The molecule has 0 radical (unpaired) electrons. The molecule has 1 amide bonds. The van der Waals surface area contributed by atoms with Crippen LogP contribution in [0.25, 0.3) is 27.8 Å². The number of benzene rings is 2. The van der Waals surface area contributed by atoms with Gasteiger partial charge in [-0.1, -0.05) is 11.2 Å². The summed E-state index contributed by atoms with van der Waals surface area (Å²) in [6, 6.07) is 8.69. The van der Waals surface area contributed by atoms with E-state index in [9.17, 15) is 22.8 Å². The van der Waals surface area contributed by atoms with Crippen LogP contribution in [0.2, 0.25) is 0 Å². The van der Waals surface area contributed by atoms with Crippen LogP contribution in [0, 0.1) is 24.4 Å². The van der Waals surface area contributed by atoms with E-state index >= 15 is 0 Å². The molecule has 5 aromatic rings. The fourth-order valence-electron chi connectivity index (χ4n) is 3.89. The van der Waals surface area contributed by atoms with E-state index in [2.05, 4.69) is 20.1 Å². The van der Waals surface area contributed by atoms with Gasteiger partial charge in [0.2, 0.25) is 0 Å². The fraction of sp³-hybridized carbons (Fsp3) is 0.0833. The summed E-state index contributed by atoms with van der Waals surface area (Å²) >= 11 is 0. The second-order valence-corrected chi connectivity index (χ2v) is 7.80. The van der Waals surface area contributed by atoms with Crippen molar-refractivity contribution in [3.63, 3.8) is 0 Å². The minimum atomic E-state index is -0.852. The van der Waals surface area contributed by atoms with Gasteiger partial charge in [-0.3, -0.25) is 14.2 Å². The molecule has 0 aliphatic rings. The second kappa shape index (κ2) is 8.28. The van der Waals surface area contributed by atoms with E-state index in [-0.39, 0.29) is 33.7 Å². The topological polar surface area (TPSA) is 95.0 Å². The van der Waals surface area contributed by atoms with Crippen molar-refractivity contribution >= 4 is 22.8 Å². The Bertz CT molecular complexity index is 1650. The minimum Gasteiger partial charge on any atom is -0.363 e. The highest BCUT2D eigenvalue weighted by Crippen LogP contribution is 2.29. The second-order valence-electron chi connectivity index (χ2n) is 7.80. The van der Waals surface area contributed by atoms with Crippen molar-refractivity contribution in [2.75, 3.05) is 5.32 Å². The number of fused-ring (bicyclic) bond motifs is 1. The standard InChI is InChI=1S/C24H16F3N5O3/c1-12-15(8-13(10-19(12)27)22(33)29-20-6-7-35-30-20)16-9-14-11-28-32(23(14)31(2)24(16)34)21-17(25)4-3-5-18(21)26/h3-11H,1-2H3,(H,29,30,33). The summed E-state index contributed by atoms with van der Waals surface area (Å²) in [5.74, 6) is -2.91. The number of carbonyl (C=O) groups excluding carboxylic acids is 1. The molecule has 1 N–H and O–H groups in total. The lowest BCUT2D eigenvalue weighted by Gasteiger charge is -2.13. The Morgan fingerprint density at radius 2 is 1.77 bits per heavy atom. The third-order valence-electron chi connectivity index (χ3n) is 5.65. The maximum absolute atomic E-state index is 14.8. The molecule has 5 rings (SSSR count). The molecule has 176 valence electrons. The third kappa shape index (κ3) is 3.66. The monoisotopic (exact) mass is 479 g/mol. The molecular formula is C24H16F3N5O3. The molecule has 0 saturated carbocycles. The maximum atomic E-state index is 14.8. The predicted molar refractivity (Wildman–Crippen MR) is 121 cm³/mol. The van der Waals surface area contributed by atoms with Gasteiger partial charge in [-0.15, -0.1) is 0 Å². The number of nitrogens with zero attached hydrogens (tertiary/aromatic N) is 4. The van der Waals surface area contributed by atoms with Gasteiger partial charge in [-0.25, -0.2) is 17.9 Å². The number of aryl methyl sites for hydroxylation is 1. The number of halogens is 3. The number of para-hydroxylation sites is 1. The van der Waals surface area contributed by atoms with E-state index in [0.717, 1.165) is 22.9 Å². The highest BCUT2D eigenvalue weighted by molar-refractivity contribution is 6.04. The molecule has 0 saturated heterocycles. The van der Waals surface area contributed by atoms with Crippen LogP contribution in [0.1, 0.15) is 15.9 Å². The normalized spacial score (nSPS) is 11.2. The first-order valence-electron chi connectivity index (χ1n) is 10.3. The van der Waals surface area contributed by atoms with E-state index in [4.69, 9.17) is 0 Å². The van der Waals surface area contributed by atoms with Crippen molar-refractivity contribution in [1.29, 1.82) is 0 Å². The van der Waals surface area contributed by atoms with E-state index in [1.54, 1.807) is 0 Å². The van der Waals surface area contributed by atoms with Gasteiger partial charge < -0.3 is 9.84 Å². The first kappa shape index (κ1) is 22.1.